The Hall–Kier alpha value is -0.0400. The van der Waals surface area contributed by atoms with Crippen molar-refractivity contribution in [3.8, 4) is 0 Å². The van der Waals surface area contributed by atoms with Gasteiger partial charge in [0, 0.05) is 6.61 Å². The van der Waals surface area contributed by atoms with E-state index in [-0.39, 0.29) is 5.41 Å². The highest BCUT2D eigenvalue weighted by molar-refractivity contribution is 4.77. The van der Waals surface area contributed by atoms with Gasteiger partial charge in [0.05, 0.1) is 0 Å². The molecule has 0 aromatic carbocycles. The van der Waals surface area contributed by atoms with Crippen molar-refractivity contribution in [3.63, 3.8) is 0 Å². The number of hydrogen-bond donors (Lipinski definition) is 1. The van der Waals surface area contributed by atoms with Gasteiger partial charge in [-0.3, -0.25) is 0 Å². The highest BCUT2D eigenvalue weighted by Crippen LogP contribution is 2.33. The van der Waals surface area contributed by atoms with Gasteiger partial charge in [0.2, 0.25) is 0 Å². The summed E-state index contributed by atoms with van der Waals surface area (Å²) in [6, 6.07) is 0. The molecule has 1 N–H and O–H groups in total. The largest absolute Gasteiger partial charge is 0.396 e. The molecule has 2 atom stereocenters. The van der Waals surface area contributed by atoms with Gasteiger partial charge < -0.3 is 5.11 Å². The normalized spacial score (nSPS) is 18.2. The van der Waals surface area contributed by atoms with Gasteiger partial charge in [0.25, 0.3) is 0 Å². The topological polar surface area (TPSA) is 20.2 Å². The van der Waals surface area contributed by atoms with E-state index < -0.39 is 0 Å². The summed E-state index contributed by atoms with van der Waals surface area (Å²) in [5.74, 6) is 1.44. The second-order valence-corrected chi connectivity index (χ2v) is 5.39. The Balaban J connectivity index is 3.87. The Labute approximate surface area is 89.9 Å². The first-order valence-corrected chi connectivity index (χ1v) is 6.07. The molecule has 0 heterocycles. The van der Waals surface area contributed by atoms with Crippen LogP contribution in [-0.2, 0) is 0 Å². The summed E-state index contributed by atoms with van der Waals surface area (Å²) in [6.07, 6.45) is 4.94. The van der Waals surface area contributed by atoms with Crippen LogP contribution in [0.1, 0.15) is 60.3 Å². The zero-order valence-electron chi connectivity index (χ0n) is 10.6. The van der Waals surface area contributed by atoms with Gasteiger partial charge in [0.15, 0.2) is 0 Å². The first kappa shape index (κ1) is 14.0. The fourth-order valence-corrected chi connectivity index (χ4v) is 1.80. The predicted molar refractivity (Wildman–Crippen MR) is 63.3 cm³/mol. The molecular formula is C13H28O. The van der Waals surface area contributed by atoms with Crippen LogP contribution in [0.15, 0.2) is 0 Å². The lowest BCUT2D eigenvalue weighted by molar-refractivity contribution is 0.0760. The van der Waals surface area contributed by atoms with Crippen LogP contribution in [0.25, 0.3) is 0 Å². The van der Waals surface area contributed by atoms with Gasteiger partial charge in [-0.2, -0.15) is 0 Å². The molecule has 1 heteroatoms. The molecule has 0 aliphatic heterocycles. The van der Waals surface area contributed by atoms with Crippen LogP contribution in [0.4, 0.5) is 0 Å². The van der Waals surface area contributed by atoms with Gasteiger partial charge in [-0.1, -0.05) is 53.9 Å². The summed E-state index contributed by atoms with van der Waals surface area (Å²) < 4.78 is 0. The summed E-state index contributed by atoms with van der Waals surface area (Å²) in [4.78, 5) is 0. The SMILES string of the molecule is CCC(C)(CO)C(C)CCCC(C)C. The van der Waals surface area contributed by atoms with Gasteiger partial charge >= 0.3 is 0 Å². The lowest BCUT2D eigenvalue weighted by atomic mass is 9.74. The summed E-state index contributed by atoms with van der Waals surface area (Å²) in [7, 11) is 0. The molecule has 0 saturated carbocycles. The van der Waals surface area contributed by atoms with Crippen molar-refractivity contribution in [2.45, 2.75) is 60.3 Å². The molecule has 14 heavy (non-hydrogen) atoms. The maximum atomic E-state index is 9.36. The maximum Gasteiger partial charge on any atom is 0.0487 e. The van der Waals surface area contributed by atoms with Crippen LogP contribution < -0.4 is 0 Å². The Morgan fingerprint density at radius 1 is 1.14 bits per heavy atom. The summed E-state index contributed by atoms with van der Waals surface area (Å²) in [6.45, 7) is 11.5. The minimum atomic E-state index is 0.136. The van der Waals surface area contributed by atoms with E-state index in [2.05, 4.69) is 34.6 Å². The van der Waals surface area contributed by atoms with Gasteiger partial charge in [-0.15, -0.1) is 0 Å². The fraction of sp³-hybridized carbons (Fsp3) is 1.00. The molecule has 0 radical (unpaired) electrons. The number of aliphatic hydroxyl groups is 1. The van der Waals surface area contributed by atoms with E-state index in [9.17, 15) is 5.11 Å². The van der Waals surface area contributed by atoms with Crippen LogP contribution in [0.2, 0.25) is 0 Å². The molecule has 86 valence electrons. The molecule has 1 nitrogen and oxygen atoms in total. The quantitative estimate of drug-likeness (QED) is 0.661. The molecule has 0 rings (SSSR count). The fourth-order valence-electron chi connectivity index (χ4n) is 1.80. The van der Waals surface area contributed by atoms with Gasteiger partial charge in [-0.05, 0) is 23.7 Å². The summed E-state index contributed by atoms with van der Waals surface area (Å²) in [5.41, 5.74) is 0.136. The van der Waals surface area contributed by atoms with Crippen molar-refractivity contribution in [3.05, 3.63) is 0 Å². The maximum absolute atomic E-state index is 9.36. The summed E-state index contributed by atoms with van der Waals surface area (Å²) in [5, 5.41) is 9.36. The van der Waals surface area contributed by atoms with E-state index in [0.29, 0.717) is 12.5 Å². The smallest absolute Gasteiger partial charge is 0.0487 e. The van der Waals surface area contributed by atoms with Crippen molar-refractivity contribution in [2.75, 3.05) is 6.61 Å². The van der Waals surface area contributed by atoms with Crippen molar-refractivity contribution >= 4 is 0 Å². The van der Waals surface area contributed by atoms with E-state index in [1.165, 1.54) is 19.3 Å². The Morgan fingerprint density at radius 2 is 1.71 bits per heavy atom. The molecule has 0 aromatic heterocycles. The van der Waals surface area contributed by atoms with Gasteiger partial charge in [0.1, 0.15) is 0 Å². The first-order valence-electron chi connectivity index (χ1n) is 6.07. The van der Waals surface area contributed by atoms with Crippen molar-refractivity contribution in [2.24, 2.45) is 17.3 Å². The number of hydrogen-bond acceptors (Lipinski definition) is 1. The average molecular weight is 200 g/mol. The third kappa shape index (κ3) is 4.45. The molecule has 0 spiro atoms. The average Bonchev–Trinajstić information content (AvgIpc) is 2.15. The van der Waals surface area contributed by atoms with Crippen molar-refractivity contribution in [1.82, 2.24) is 0 Å². The van der Waals surface area contributed by atoms with E-state index in [4.69, 9.17) is 0 Å². The summed E-state index contributed by atoms with van der Waals surface area (Å²) >= 11 is 0. The third-order valence-electron chi connectivity index (χ3n) is 3.78. The predicted octanol–water partition coefficient (Wildman–Crippen LogP) is 3.86. The number of rotatable bonds is 7. The van der Waals surface area contributed by atoms with E-state index in [1.54, 1.807) is 0 Å². The number of aliphatic hydroxyl groups excluding tert-OH is 1. The van der Waals surface area contributed by atoms with Crippen LogP contribution >= 0.6 is 0 Å². The minimum absolute atomic E-state index is 0.136. The monoisotopic (exact) mass is 200 g/mol. The van der Waals surface area contributed by atoms with Crippen molar-refractivity contribution < 1.29 is 5.11 Å². The zero-order valence-corrected chi connectivity index (χ0v) is 10.6. The Bertz CT molecular complexity index is 136. The molecule has 0 amide bonds. The van der Waals surface area contributed by atoms with Gasteiger partial charge in [-0.25, -0.2) is 0 Å². The third-order valence-corrected chi connectivity index (χ3v) is 3.78. The lowest BCUT2D eigenvalue weighted by Crippen LogP contribution is -2.28. The van der Waals surface area contributed by atoms with Crippen LogP contribution in [0, 0.1) is 17.3 Å². The van der Waals surface area contributed by atoms with Crippen molar-refractivity contribution in [1.29, 1.82) is 0 Å². The Kier molecular flexibility index (Phi) is 6.43. The molecule has 0 saturated heterocycles. The zero-order chi connectivity index (χ0) is 11.2. The molecule has 0 bridgehead atoms. The molecule has 2 unspecified atom stereocenters. The Morgan fingerprint density at radius 3 is 2.07 bits per heavy atom. The highest BCUT2D eigenvalue weighted by atomic mass is 16.3. The lowest BCUT2D eigenvalue weighted by Gasteiger charge is -2.33. The highest BCUT2D eigenvalue weighted by Gasteiger charge is 2.27. The van der Waals surface area contributed by atoms with E-state index in [0.717, 1.165) is 12.3 Å². The van der Waals surface area contributed by atoms with Crippen LogP contribution in [-0.4, -0.2) is 11.7 Å². The molecule has 0 aromatic rings. The molecule has 0 fully saturated rings. The van der Waals surface area contributed by atoms with Crippen LogP contribution in [0.3, 0.4) is 0 Å². The second kappa shape index (κ2) is 6.44. The van der Waals surface area contributed by atoms with Crippen LogP contribution in [0.5, 0.6) is 0 Å². The van der Waals surface area contributed by atoms with E-state index in [1.807, 2.05) is 0 Å². The molecule has 0 aliphatic rings. The standard InChI is InChI=1S/C13H28O/c1-6-13(5,10-14)12(4)9-7-8-11(2)3/h11-12,14H,6-10H2,1-5H3. The molecule has 0 aliphatic carbocycles. The second-order valence-electron chi connectivity index (χ2n) is 5.39. The van der Waals surface area contributed by atoms with E-state index >= 15 is 0 Å². The first-order chi connectivity index (χ1) is 6.46. The molecular weight excluding hydrogens is 172 g/mol. The minimum Gasteiger partial charge on any atom is -0.396 e.